The van der Waals surface area contributed by atoms with Gasteiger partial charge in [0, 0.05) is 12.4 Å². The summed E-state index contributed by atoms with van der Waals surface area (Å²) < 4.78 is 11.0. The fourth-order valence-electron chi connectivity index (χ4n) is 1.22. The molecule has 0 unspecified atom stereocenters. The number of nitrogens with zero attached hydrogens (tertiary/aromatic N) is 1. The van der Waals surface area contributed by atoms with Gasteiger partial charge in [-0.15, -0.1) is 11.6 Å². The number of unbranched alkanes of at least 4 members (excludes halogenated alkanes) is 3. The van der Waals surface area contributed by atoms with Gasteiger partial charge in [0.1, 0.15) is 5.60 Å². The van der Waals surface area contributed by atoms with E-state index >= 15 is 0 Å². The van der Waals surface area contributed by atoms with Gasteiger partial charge in [0.2, 0.25) is 0 Å². The summed E-state index contributed by atoms with van der Waals surface area (Å²) in [5.74, 6) is 0.751. The van der Waals surface area contributed by atoms with Gasteiger partial charge in [0.25, 0.3) is 0 Å². The molecule has 0 bridgehead atoms. The van der Waals surface area contributed by atoms with Crippen molar-refractivity contribution >= 4 is 17.7 Å². The molecule has 0 aliphatic rings. The zero-order chi connectivity index (χ0) is 13.1. The molecule has 0 aromatic rings. The van der Waals surface area contributed by atoms with E-state index in [0.29, 0.717) is 12.7 Å². The molecular formula is C13H26ClNO2. The third-order valence-corrected chi connectivity index (χ3v) is 2.21. The molecule has 0 saturated carbocycles. The van der Waals surface area contributed by atoms with Crippen LogP contribution in [0, 0.1) is 0 Å². The Bertz CT molecular complexity index is 212. The van der Waals surface area contributed by atoms with Crippen molar-refractivity contribution in [2.45, 2.75) is 59.0 Å². The molecule has 0 heterocycles. The van der Waals surface area contributed by atoms with E-state index in [1.807, 2.05) is 27.7 Å². The normalized spacial score (nSPS) is 12.6. The predicted octanol–water partition coefficient (Wildman–Crippen LogP) is 3.99. The number of hydrogen-bond donors (Lipinski definition) is 0. The molecule has 0 aromatic carbocycles. The number of alkyl halides is 1. The van der Waals surface area contributed by atoms with Crippen LogP contribution in [0.3, 0.4) is 0 Å². The number of aliphatic imine (C=N–C) groups is 1. The molecular weight excluding hydrogens is 238 g/mol. The molecule has 0 fully saturated rings. The minimum Gasteiger partial charge on any atom is -0.451 e. The molecule has 4 heteroatoms. The molecule has 0 aromatic heterocycles. The van der Waals surface area contributed by atoms with Crippen LogP contribution in [0.1, 0.15) is 53.4 Å². The summed E-state index contributed by atoms with van der Waals surface area (Å²) >= 11 is 5.61. The van der Waals surface area contributed by atoms with E-state index in [0.717, 1.165) is 31.7 Å². The van der Waals surface area contributed by atoms with Crippen LogP contribution in [0.2, 0.25) is 0 Å². The standard InChI is InChI=1S/C13H26ClNO2/c1-5-16-12(17-13(2,3)4)15-11-9-7-6-8-10-14/h5-11H2,1-4H3. The molecule has 0 amide bonds. The second-order valence-corrected chi connectivity index (χ2v) is 5.28. The van der Waals surface area contributed by atoms with Gasteiger partial charge in [-0.2, -0.15) is 0 Å². The van der Waals surface area contributed by atoms with E-state index < -0.39 is 0 Å². The lowest BCUT2D eigenvalue weighted by Crippen LogP contribution is -2.26. The zero-order valence-corrected chi connectivity index (χ0v) is 12.3. The topological polar surface area (TPSA) is 30.8 Å². The van der Waals surface area contributed by atoms with Crippen molar-refractivity contribution in [1.82, 2.24) is 0 Å². The van der Waals surface area contributed by atoms with Crippen LogP contribution in [0.15, 0.2) is 4.99 Å². The molecule has 0 aliphatic heterocycles. The first-order valence-electron chi connectivity index (χ1n) is 6.42. The second kappa shape index (κ2) is 9.58. The molecule has 0 saturated heterocycles. The lowest BCUT2D eigenvalue weighted by atomic mass is 10.2. The molecule has 0 aliphatic carbocycles. The fraction of sp³-hybridized carbons (Fsp3) is 0.923. The van der Waals surface area contributed by atoms with Gasteiger partial charge in [0.05, 0.1) is 6.61 Å². The average Bonchev–Trinajstić information content (AvgIpc) is 2.21. The maximum absolute atomic E-state index is 5.61. The summed E-state index contributed by atoms with van der Waals surface area (Å²) in [6, 6.07) is 0. The van der Waals surface area contributed by atoms with Crippen LogP contribution in [0.4, 0.5) is 0 Å². The monoisotopic (exact) mass is 263 g/mol. The summed E-state index contributed by atoms with van der Waals surface area (Å²) in [7, 11) is 0. The third kappa shape index (κ3) is 11.8. The van der Waals surface area contributed by atoms with Crippen molar-refractivity contribution in [3.63, 3.8) is 0 Å². The van der Waals surface area contributed by atoms with Crippen LogP contribution < -0.4 is 0 Å². The fourth-order valence-corrected chi connectivity index (χ4v) is 1.41. The van der Waals surface area contributed by atoms with Crippen molar-refractivity contribution in [1.29, 1.82) is 0 Å². The van der Waals surface area contributed by atoms with Gasteiger partial charge >= 0.3 is 6.08 Å². The molecule has 102 valence electrons. The van der Waals surface area contributed by atoms with Crippen LogP contribution >= 0.6 is 11.6 Å². The Morgan fingerprint density at radius 1 is 1.12 bits per heavy atom. The van der Waals surface area contributed by atoms with E-state index in [-0.39, 0.29) is 5.60 Å². The maximum atomic E-state index is 5.61. The maximum Gasteiger partial charge on any atom is 0.383 e. The van der Waals surface area contributed by atoms with Crippen molar-refractivity contribution in [2.75, 3.05) is 19.0 Å². The molecule has 17 heavy (non-hydrogen) atoms. The van der Waals surface area contributed by atoms with Crippen LogP contribution in [0.25, 0.3) is 0 Å². The SMILES string of the molecule is CCOC(=NCCCCCCCl)OC(C)(C)C. The number of rotatable bonds is 7. The number of ether oxygens (including phenoxy) is 2. The van der Waals surface area contributed by atoms with Gasteiger partial charge in [-0.05, 0) is 40.5 Å². The quantitative estimate of drug-likeness (QED) is 0.301. The Kier molecular flexibility index (Phi) is 9.33. The molecule has 0 rings (SSSR count). The van der Waals surface area contributed by atoms with Crippen molar-refractivity contribution < 1.29 is 9.47 Å². The Hall–Kier alpha value is -0.440. The number of halogens is 1. The summed E-state index contributed by atoms with van der Waals surface area (Å²) in [4.78, 5) is 4.34. The molecule has 0 atom stereocenters. The van der Waals surface area contributed by atoms with E-state index in [1.54, 1.807) is 0 Å². The second-order valence-electron chi connectivity index (χ2n) is 4.90. The third-order valence-electron chi connectivity index (χ3n) is 1.94. The minimum absolute atomic E-state index is 0.257. The highest BCUT2D eigenvalue weighted by Crippen LogP contribution is 2.09. The van der Waals surface area contributed by atoms with Crippen LogP contribution in [-0.2, 0) is 9.47 Å². The Balaban J connectivity index is 3.87. The lowest BCUT2D eigenvalue weighted by Gasteiger charge is -2.21. The molecule has 3 nitrogen and oxygen atoms in total. The summed E-state index contributed by atoms with van der Waals surface area (Å²) in [5.41, 5.74) is -0.257. The highest BCUT2D eigenvalue weighted by Gasteiger charge is 2.15. The van der Waals surface area contributed by atoms with Crippen molar-refractivity contribution in [3.8, 4) is 0 Å². The first-order valence-corrected chi connectivity index (χ1v) is 6.95. The zero-order valence-electron chi connectivity index (χ0n) is 11.6. The van der Waals surface area contributed by atoms with Crippen LogP contribution in [-0.4, -0.2) is 30.7 Å². The average molecular weight is 264 g/mol. The van der Waals surface area contributed by atoms with Gasteiger partial charge in [0.15, 0.2) is 0 Å². The Morgan fingerprint density at radius 3 is 2.29 bits per heavy atom. The summed E-state index contributed by atoms with van der Waals surface area (Å²) in [5, 5.41) is 0. The summed E-state index contributed by atoms with van der Waals surface area (Å²) in [6.45, 7) is 9.24. The minimum atomic E-state index is -0.257. The largest absolute Gasteiger partial charge is 0.451 e. The van der Waals surface area contributed by atoms with Crippen LogP contribution in [0.5, 0.6) is 0 Å². The molecule has 0 spiro atoms. The Labute approximate surface area is 111 Å². The van der Waals surface area contributed by atoms with Gasteiger partial charge in [-0.25, -0.2) is 4.99 Å². The van der Waals surface area contributed by atoms with Gasteiger partial charge < -0.3 is 9.47 Å². The summed E-state index contributed by atoms with van der Waals surface area (Å²) in [6.07, 6.45) is 4.88. The van der Waals surface area contributed by atoms with Crippen molar-refractivity contribution in [2.24, 2.45) is 4.99 Å². The van der Waals surface area contributed by atoms with E-state index in [2.05, 4.69) is 4.99 Å². The first kappa shape index (κ1) is 16.6. The van der Waals surface area contributed by atoms with Crippen molar-refractivity contribution in [3.05, 3.63) is 0 Å². The van der Waals surface area contributed by atoms with E-state index in [9.17, 15) is 0 Å². The predicted molar refractivity (Wildman–Crippen MR) is 74.0 cm³/mol. The van der Waals surface area contributed by atoms with E-state index in [1.165, 1.54) is 6.42 Å². The highest BCUT2D eigenvalue weighted by molar-refractivity contribution is 6.17. The molecule has 0 N–H and O–H groups in total. The van der Waals surface area contributed by atoms with Gasteiger partial charge in [-0.3, -0.25) is 0 Å². The number of hydrogen-bond acceptors (Lipinski definition) is 3. The first-order chi connectivity index (χ1) is 7.99. The molecule has 0 radical (unpaired) electrons. The smallest absolute Gasteiger partial charge is 0.383 e. The van der Waals surface area contributed by atoms with Gasteiger partial charge in [-0.1, -0.05) is 12.8 Å². The lowest BCUT2D eigenvalue weighted by molar-refractivity contribution is 0.0601. The highest BCUT2D eigenvalue weighted by atomic mass is 35.5. The Morgan fingerprint density at radius 2 is 1.76 bits per heavy atom. The van der Waals surface area contributed by atoms with E-state index in [4.69, 9.17) is 21.1 Å².